The lowest BCUT2D eigenvalue weighted by Crippen LogP contribution is -2.42. The molecular weight excluding hydrogens is 230 g/mol. The molecule has 0 amide bonds. The van der Waals surface area contributed by atoms with E-state index in [2.05, 4.69) is 52.9 Å². The SMILES string of the molecule is CC1(C)C[C@H]1C(CO[Si](C)(C)C(C)(C)C)=NO. The number of rotatable bonds is 4. The smallest absolute Gasteiger partial charge is 0.192 e. The van der Waals surface area contributed by atoms with Gasteiger partial charge in [-0.1, -0.05) is 39.8 Å². The van der Waals surface area contributed by atoms with Crippen molar-refractivity contribution >= 4 is 14.0 Å². The number of nitrogens with zero attached hydrogens (tertiary/aromatic N) is 1. The summed E-state index contributed by atoms with van der Waals surface area (Å²) in [5.41, 5.74) is 1.11. The second kappa shape index (κ2) is 4.39. The zero-order chi connectivity index (χ0) is 13.5. The van der Waals surface area contributed by atoms with Gasteiger partial charge in [-0.2, -0.15) is 0 Å². The molecule has 1 N–H and O–H groups in total. The van der Waals surface area contributed by atoms with E-state index < -0.39 is 8.32 Å². The monoisotopic (exact) mass is 257 g/mol. The Balaban J connectivity index is 2.56. The predicted molar refractivity (Wildman–Crippen MR) is 74.3 cm³/mol. The van der Waals surface area contributed by atoms with E-state index in [1.54, 1.807) is 0 Å². The van der Waals surface area contributed by atoms with E-state index in [1.165, 1.54) is 0 Å². The fraction of sp³-hybridized carbons (Fsp3) is 0.923. The van der Waals surface area contributed by atoms with Gasteiger partial charge in [-0.25, -0.2) is 0 Å². The van der Waals surface area contributed by atoms with Crippen LogP contribution in [0.25, 0.3) is 0 Å². The largest absolute Gasteiger partial charge is 0.411 e. The van der Waals surface area contributed by atoms with Gasteiger partial charge in [0, 0.05) is 5.92 Å². The second-order valence-electron chi connectivity index (χ2n) is 7.39. The average molecular weight is 257 g/mol. The Kier molecular flexibility index (Phi) is 3.80. The van der Waals surface area contributed by atoms with Gasteiger partial charge in [-0.05, 0) is 30.0 Å². The molecule has 0 aliphatic heterocycles. The molecule has 0 unspecified atom stereocenters. The van der Waals surface area contributed by atoms with Crippen LogP contribution < -0.4 is 0 Å². The molecule has 1 rings (SSSR count). The first-order valence-corrected chi connectivity index (χ1v) is 9.27. The fourth-order valence-corrected chi connectivity index (χ4v) is 2.65. The summed E-state index contributed by atoms with van der Waals surface area (Å²) < 4.78 is 6.09. The Morgan fingerprint density at radius 2 is 1.88 bits per heavy atom. The van der Waals surface area contributed by atoms with Crippen molar-refractivity contribution in [3.63, 3.8) is 0 Å². The quantitative estimate of drug-likeness (QED) is 0.359. The number of hydrogen-bond acceptors (Lipinski definition) is 3. The number of oxime groups is 1. The third-order valence-corrected chi connectivity index (χ3v) is 8.91. The van der Waals surface area contributed by atoms with Crippen molar-refractivity contribution in [3.8, 4) is 0 Å². The van der Waals surface area contributed by atoms with Gasteiger partial charge in [0.25, 0.3) is 0 Å². The standard InChI is InChI=1S/C13H27NO2Si/c1-12(2,3)17(6,7)16-9-11(14-15)10-8-13(10,4)5/h10,15H,8-9H2,1-7H3/t10-/m0/s1. The van der Waals surface area contributed by atoms with Crippen LogP contribution in [0.2, 0.25) is 18.1 Å². The highest BCUT2D eigenvalue weighted by Gasteiger charge is 2.49. The molecule has 1 aliphatic rings. The lowest BCUT2D eigenvalue weighted by atomic mass is 10.1. The van der Waals surface area contributed by atoms with Crippen LogP contribution in [0, 0.1) is 11.3 Å². The Morgan fingerprint density at radius 1 is 1.41 bits per heavy atom. The van der Waals surface area contributed by atoms with Crippen molar-refractivity contribution < 1.29 is 9.63 Å². The van der Waals surface area contributed by atoms with Crippen molar-refractivity contribution in [1.29, 1.82) is 0 Å². The molecule has 0 aromatic rings. The van der Waals surface area contributed by atoms with E-state index in [0.717, 1.165) is 12.1 Å². The minimum Gasteiger partial charge on any atom is -0.411 e. The lowest BCUT2D eigenvalue weighted by Gasteiger charge is -2.36. The minimum absolute atomic E-state index is 0.201. The van der Waals surface area contributed by atoms with Crippen LogP contribution in [0.4, 0.5) is 0 Å². The molecule has 4 heteroatoms. The van der Waals surface area contributed by atoms with E-state index >= 15 is 0 Å². The molecule has 100 valence electrons. The van der Waals surface area contributed by atoms with Gasteiger partial charge in [0.1, 0.15) is 0 Å². The summed E-state index contributed by atoms with van der Waals surface area (Å²) in [4.78, 5) is 0. The predicted octanol–water partition coefficient (Wildman–Crippen LogP) is 3.88. The molecule has 0 bridgehead atoms. The van der Waals surface area contributed by atoms with E-state index in [-0.39, 0.29) is 5.04 Å². The number of hydrogen-bond donors (Lipinski definition) is 1. The Morgan fingerprint density at radius 3 is 2.18 bits per heavy atom. The molecule has 17 heavy (non-hydrogen) atoms. The van der Waals surface area contributed by atoms with E-state index in [4.69, 9.17) is 9.63 Å². The van der Waals surface area contributed by atoms with Gasteiger partial charge in [0.2, 0.25) is 0 Å². The Labute approximate surface area is 106 Å². The summed E-state index contributed by atoms with van der Waals surface area (Å²) >= 11 is 0. The van der Waals surface area contributed by atoms with Crippen LogP contribution in [0.5, 0.6) is 0 Å². The highest BCUT2D eigenvalue weighted by atomic mass is 28.4. The zero-order valence-corrected chi connectivity index (χ0v) is 13.3. The first-order valence-electron chi connectivity index (χ1n) is 6.36. The molecule has 1 atom stereocenters. The molecule has 0 aromatic carbocycles. The minimum atomic E-state index is -1.74. The molecule has 1 saturated carbocycles. The Hall–Kier alpha value is -0.353. The van der Waals surface area contributed by atoms with Crippen molar-refractivity contribution in [1.82, 2.24) is 0 Å². The Bertz CT molecular complexity index is 316. The molecular formula is C13H27NO2Si. The van der Waals surface area contributed by atoms with Gasteiger partial charge >= 0.3 is 0 Å². The molecule has 0 spiro atoms. The highest BCUT2D eigenvalue weighted by Crippen LogP contribution is 2.52. The maximum absolute atomic E-state index is 9.09. The summed E-state index contributed by atoms with van der Waals surface area (Å²) in [6, 6.07) is 0. The van der Waals surface area contributed by atoms with Gasteiger partial charge in [-0.15, -0.1) is 0 Å². The summed E-state index contributed by atoms with van der Waals surface area (Å²) in [6.07, 6.45) is 1.10. The molecule has 3 nitrogen and oxygen atoms in total. The third-order valence-electron chi connectivity index (χ3n) is 4.43. The maximum atomic E-state index is 9.09. The van der Waals surface area contributed by atoms with Crippen LogP contribution in [0.1, 0.15) is 41.0 Å². The zero-order valence-electron chi connectivity index (χ0n) is 12.3. The maximum Gasteiger partial charge on any atom is 0.192 e. The van der Waals surface area contributed by atoms with E-state index in [1.807, 2.05) is 0 Å². The topological polar surface area (TPSA) is 41.8 Å². The van der Waals surface area contributed by atoms with Crippen molar-refractivity contribution in [3.05, 3.63) is 0 Å². The van der Waals surface area contributed by atoms with Gasteiger partial charge in [0.05, 0.1) is 12.3 Å². The summed E-state index contributed by atoms with van der Waals surface area (Å²) in [5, 5.41) is 12.7. The summed E-state index contributed by atoms with van der Waals surface area (Å²) in [5.74, 6) is 0.400. The molecule has 1 fully saturated rings. The second-order valence-corrected chi connectivity index (χ2v) is 12.2. The molecule has 0 saturated heterocycles. The van der Waals surface area contributed by atoms with Gasteiger partial charge in [-0.3, -0.25) is 0 Å². The third kappa shape index (κ3) is 3.32. The summed E-state index contributed by atoms with van der Waals surface area (Å²) in [7, 11) is -1.74. The molecule has 0 radical (unpaired) electrons. The molecule has 0 heterocycles. The van der Waals surface area contributed by atoms with Crippen LogP contribution in [0.3, 0.4) is 0 Å². The highest BCUT2D eigenvalue weighted by molar-refractivity contribution is 6.74. The van der Waals surface area contributed by atoms with Crippen molar-refractivity contribution in [2.45, 2.75) is 59.2 Å². The van der Waals surface area contributed by atoms with Gasteiger partial charge < -0.3 is 9.63 Å². The van der Waals surface area contributed by atoms with Crippen LogP contribution >= 0.6 is 0 Å². The normalized spacial score (nSPS) is 24.9. The van der Waals surface area contributed by atoms with Crippen LogP contribution in [-0.2, 0) is 4.43 Å². The van der Waals surface area contributed by atoms with Crippen molar-refractivity contribution in [2.75, 3.05) is 6.61 Å². The van der Waals surface area contributed by atoms with Crippen LogP contribution in [0.15, 0.2) is 5.16 Å². The average Bonchev–Trinajstić information content (AvgIpc) is 2.74. The first kappa shape index (κ1) is 14.7. The molecule has 1 aliphatic carbocycles. The summed E-state index contributed by atoms with van der Waals surface area (Å²) in [6.45, 7) is 16.0. The fourth-order valence-electron chi connectivity index (χ4n) is 1.71. The van der Waals surface area contributed by atoms with E-state index in [0.29, 0.717) is 17.9 Å². The van der Waals surface area contributed by atoms with Crippen molar-refractivity contribution in [2.24, 2.45) is 16.5 Å². The van der Waals surface area contributed by atoms with Gasteiger partial charge in [0.15, 0.2) is 8.32 Å². The lowest BCUT2D eigenvalue weighted by molar-refractivity contribution is 0.295. The van der Waals surface area contributed by atoms with E-state index in [9.17, 15) is 0 Å². The first-order chi connectivity index (χ1) is 7.51. The molecule has 0 aromatic heterocycles. The van der Waals surface area contributed by atoms with Crippen LogP contribution in [-0.4, -0.2) is 25.8 Å².